The van der Waals surface area contributed by atoms with Gasteiger partial charge in [0.15, 0.2) is 0 Å². The number of halogens is 2. The topological polar surface area (TPSA) is 50.8 Å². The molecule has 0 unspecified atom stereocenters. The maximum absolute atomic E-state index is 12.0. The van der Waals surface area contributed by atoms with Gasteiger partial charge in [0.05, 0.1) is 19.3 Å². The van der Waals surface area contributed by atoms with E-state index in [0.29, 0.717) is 26.1 Å². The fourth-order valence-electron chi connectivity index (χ4n) is 2.48. The van der Waals surface area contributed by atoms with Crippen molar-refractivity contribution in [3.8, 4) is 5.75 Å². The molecule has 0 bridgehead atoms. The molecule has 128 valence electrons. The first-order valence-electron chi connectivity index (χ1n) is 7.67. The molecule has 0 saturated carbocycles. The fraction of sp³-hybridized carbons (Fsp3) is 0.562. The normalized spacial score (nSPS) is 18.9. The Balaban J connectivity index is 1.66. The van der Waals surface area contributed by atoms with Crippen molar-refractivity contribution in [1.82, 2.24) is 10.2 Å². The zero-order valence-electron chi connectivity index (χ0n) is 13.1. The van der Waals surface area contributed by atoms with E-state index >= 15 is 0 Å². The molecule has 2 rings (SSSR count). The van der Waals surface area contributed by atoms with Crippen molar-refractivity contribution in [1.29, 1.82) is 0 Å². The fourth-order valence-corrected chi connectivity index (χ4v) is 2.48. The number of amides is 1. The molecule has 1 saturated heterocycles. The van der Waals surface area contributed by atoms with E-state index in [0.717, 1.165) is 18.7 Å². The van der Waals surface area contributed by atoms with Gasteiger partial charge in [0.1, 0.15) is 5.75 Å². The zero-order chi connectivity index (χ0) is 16.7. The summed E-state index contributed by atoms with van der Waals surface area (Å²) >= 11 is 0. The molecule has 7 heteroatoms. The molecule has 0 aliphatic carbocycles. The summed E-state index contributed by atoms with van der Waals surface area (Å²) in [5.74, 6) is 0.117. The molecule has 1 heterocycles. The van der Waals surface area contributed by atoms with Crippen LogP contribution < -0.4 is 10.1 Å². The van der Waals surface area contributed by atoms with E-state index in [-0.39, 0.29) is 17.8 Å². The summed E-state index contributed by atoms with van der Waals surface area (Å²) in [6.45, 7) is 2.24. The monoisotopic (exact) mass is 328 g/mol. The van der Waals surface area contributed by atoms with Gasteiger partial charge in [-0.05, 0) is 31.0 Å². The van der Waals surface area contributed by atoms with Crippen LogP contribution in [0.2, 0.25) is 0 Å². The third kappa shape index (κ3) is 6.50. The standard InChI is InChI=1S/C16H22F2N2O3/c1-12-10-20(8-9-22-12)11-15(21)19-7-6-13-2-4-14(5-3-13)23-16(17)18/h2-5,12,16H,6-11H2,1H3,(H,19,21)/t12-/m0/s1. The van der Waals surface area contributed by atoms with E-state index in [1.165, 1.54) is 12.1 Å². The quantitative estimate of drug-likeness (QED) is 0.827. The molecule has 5 nitrogen and oxygen atoms in total. The van der Waals surface area contributed by atoms with Gasteiger partial charge >= 0.3 is 6.61 Å². The zero-order valence-corrected chi connectivity index (χ0v) is 13.1. The number of hydrogen-bond acceptors (Lipinski definition) is 4. The Morgan fingerprint density at radius 1 is 1.43 bits per heavy atom. The number of benzene rings is 1. The van der Waals surface area contributed by atoms with E-state index in [4.69, 9.17) is 4.74 Å². The molecule has 1 aromatic rings. The molecule has 1 fully saturated rings. The second-order valence-corrected chi connectivity index (χ2v) is 5.54. The van der Waals surface area contributed by atoms with E-state index < -0.39 is 6.61 Å². The van der Waals surface area contributed by atoms with Crippen molar-refractivity contribution >= 4 is 5.91 Å². The van der Waals surface area contributed by atoms with Crippen molar-refractivity contribution in [2.75, 3.05) is 32.8 Å². The Hall–Kier alpha value is -1.73. The van der Waals surface area contributed by atoms with E-state index in [1.54, 1.807) is 12.1 Å². The maximum atomic E-state index is 12.0. The Morgan fingerprint density at radius 2 is 2.17 bits per heavy atom. The molecule has 1 aliphatic heterocycles. The Morgan fingerprint density at radius 3 is 2.83 bits per heavy atom. The van der Waals surface area contributed by atoms with Gasteiger partial charge in [0.2, 0.25) is 5.91 Å². The molecule has 0 aromatic heterocycles. The highest BCUT2D eigenvalue weighted by Crippen LogP contribution is 2.15. The van der Waals surface area contributed by atoms with Gasteiger partial charge in [0.25, 0.3) is 0 Å². The molecule has 0 radical (unpaired) electrons. The summed E-state index contributed by atoms with van der Waals surface area (Å²) in [6.07, 6.45) is 0.797. The highest BCUT2D eigenvalue weighted by atomic mass is 19.3. The van der Waals surface area contributed by atoms with Crippen LogP contribution in [0.1, 0.15) is 12.5 Å². The smallest absolute Gasteiger partial charge is 0.387 e. The van der Waals surface area contributed by atoms with Gasteiger partial charge in [-0.25, -0.2) is 0 Å². The summed E-state index contributed by atoms with van der Waals surface area (Å²) < 4.78 is 33.8. The summed E-state index contributed by atoms with van der Waals surface area (Å²) in [5, 5.41) is 2.87. The van der Waals surface area contributed by atoms with Crippen LogP contribution in [0.3, 0.4) is 0 Å². The van der Waals surface area contributed by atoms with Crippen LogP contribution in [0.25, 0.3) is 0 Å². The van der Waals surface area contributed by atoms with Crippen molar-refractivity contribution < 1.29 is 23.0 Å². The van der Waals surface area contributed by atoms with Gasteiger partial charge < -0.3 is 14.8 Å². The number of rotatable bonds is 7. The molecular weight excluding hydrogens is 306 g/mol. The number of carbonyl (C=O) groups is 1. The van der Waals surface area contributed by atoms with Gasteiger partial charge in [-0.1, -0.05) is 12.1 Å². The van der Waals surface area contributed by atoms with E-state index in [9.17, 15) is 13.6 Å². The first-order valence-corrected chi connectivity index (χ1v) is 7.67. The molecule has 1 atom stereocenters. The number of hydrogen-bond donors (Lipinski definition) is 1. The number of carbonyl (C=O) groups excluding carboxylic acids is 1. The maximum Gasteiger partial charge on any atom is 0.387 e. The summed E-state index contributed by atoms with van der Waals surface area (Å²) in [6, 6.07) is 6.43. The second kappa shape index (κ2) is 8.79. The summed E-state index contributed by atoms with van der Waals surface area (Å²) in [5.41, 5.74) is 0.951. The van der Waals surface area contributed by atoms with Crippen LogP contribution >= 0.6 is 0 Å². The molecule has 1 aromatic carbocycles. The molecular formula is C16H22F2N2O3. The van der Waals surface area contributed by atoms with Crippen LogP contribution in [-0.2, 0) is 16.0 Å². The van der Waals surface area contributed by atoms with Crippen molar-refractivity contribution in [2.24, 2.45) is 0 Å². The summed E-state index contributed by atoms with van der Waals surface area (Å²) in [4.78, 5) is 14.0. The van der Waals surface area contributed by atoms with E-state index in [2.05, 4.69) is 15.0 Å². The highest BCUT2D eigenvalue weighted by molar-refractivity contribution is 5.78. The first-order chi connectivity index (χ1) is 11.0. The van der Waals surface area contributed by atoms with Crippen LogP contribution in [0.5, 0.6) is 5.75 Å². The van der Waals surface area contributed by atoms with Gasteiger partial charge in [-0.3, -0.25) is 9.69 Å². The van der Waals surface area contributed by atoms with Crippen molar-refractivity contribution in [2.45, 2.75) is 26.1 Å². The Kier molecular flexibility index (Phi) is 6.73. The molecule has 0 spiro atoms. The van der Waals surface area contributed by atoms with Gasteiger partial charge in [-0.15, -0.1) is 0 Å². The van der Waals surface area contributed by atoms with Gasteiger partial charge in [-0.2, -0.15) is 8.78 Å². The van der Waals surface area contributed by atoms with Crippen LogP contribution in [0.15, 0.2) is 24.3 Å². The minimum Gasteiger partial charge on any atom is -0.435 e. The lowest BCUT2D eigenvalue weighted by molar-refractivity contribution is -0.124. The van der Waals surface area contributed by atoms with Crippen molar-refractivity contribution in [3.05, 3.63) is 29.8 Å². The third-order valence-electron chi connectivity index (χ3n) is 3.58. The lowest BCUT2D eigenvalue weighted by Crippen LogP contribution is -2.46. The molecule has 1 N–H and O–H groups in total. The number of ether oxygens (including phenoxy) is 2. The average Bonchev–Trinajstić information content (AvgIpc) is 2.48. The number of nitrogens with zero attached hydrogens (tertiary/aromatic N) is 1. The number of alkyl halides is 2. The lowest BCUT2D eigenvalue weighted by atomic mass is 10.1. The SMILES string of the molecule is C[C@H]1CN(CC(=O)NCCc2ccc(OC(F)F)cc2)CCO1. The predicted octanol–water partition coefficient (Wildman–Crippen LogP) is 1.67. The molecule has 23 heavy (non-hydrogen) atoms. The Bertz CT molecular complexity index is 497. The average molecular weight is 328 g/mol. The number of nitrogens with one attached hydrogen (secondary N) is 1. The number of morpholine rings is 1. The summed E-state index contributed by atoms with van der Waals surface area (Å²) in [7, 11) is 0. The minimum absolute atomic E-state index is 0.0169. The third-order valence-corrected chi connectivity index (χ3v) is 3.58. The van der Waals surface area contributed by atoms with E-state index in [1.807, 2.05) is 6.92 Å². The largest absolute Gasteiger partial charge is 0.435 e. The van der Waals surface area contributed by atoms with Crippen molar-refractivity contribution in [3.63, 3.8) is 0 Å². The lowest BCUT2D eigenvalue weighted by Gasteiger charge is -2.30. The van der Waals surface area contributed by atoms with Crippen LogP contribution in [-0.4, -0.2) is 56.3 Å². The first kappa shape index (κ1) is 17.6. The molecule has 1 aliphatic rings. The highest BCUT2D eigenvalue weighted by Gasteiger charge is 2.18. The van der Waals surface area contributed by atoms with Crippen LogP contribution in [0, 0.1) is 0 Å². The van der Waals surface area contributed by atoms with Gasteiger partial charge in [0, 0.05) is 19.6 Å². The Labute approximate surface area is 134 Å². The van der Waals surface area contributed by atoms with Crippen LogP contribution in [0.4, 0.5) is 8.78 Å². The minimum atomic E-state index is -2.82. The second-order valence-electron chi connectivity index (χ2n) is 5.54. The predicted molar refractivity (Wildman–Crippen MR) is 81.6 cm³/mol. The molecule has 1 amide bonds.